The highest BCUT2D eigenvalue weighted by Gasteiger charge is 2.36. The molecule has 0 unspecified atom stereocenters. The number of benzene rings is 1. The second kappa shape index (κ2) is 6.66. The summed E-state index contributed by atoms with van der Waals surface area (Å²) in [5, 5.41) is 0. The maximum Gasteiger partial charge on any atom is 0.118 e. The molecule has 2 bridgehead atoms. The molecule has 0 radical (unpaired) electrons. The summed E-state index contributed by atoms with van der Waals surface area (Å²) in [6.07, 6.45) is 7.81. The normalized spacial score (nSPS) is 30.9. The second-order valence-corrected chi connectivity index (χ2v) is 7.47. The van der Waals surface area contributed by atoms with Crippen LogP contribution in [0.2, 0.25) is 0 Å². The van der Waals surface area contributed by atoms with E-state index in [2.05, 4.69) is 46.2 Å². The minimum atomic E-state index is 0.886. The zero-order valence-corrected chi connectivity index (χ0v) is 14.2. The summed E-state index contributed by atoms with van der Waals surface area (Å²) < 4.78 is 5.23. The Balaban J connectivity index is 1.23. The monoisotopic (exact) mass is 312 g/mol. The van der Waals surface area contributed by atoms with Crippen molar-refractivity contribution < 1.29 is 4.74 Å². The van der Waals surface area contributed by atoms with Crippen LogP contribution < -0.4 is 4.74 Å². The van der Waals surface area contributed by atoms with Gasteiger partial charge in [-0.3, -0.25) is 4.90 Å². The third kappa shape index (κ3) is 3.46. The van der Waals surface area contributed by atoms with Crippen LogP contribution in [0.5, 0.6) is 5.75 Å². The summed E-state index contributed by atoms with van der Waals surface area (Å²) in [4.78, 5) is 5.28. The van der Waals surface area contributed by atoms with Crippen LogP contribution in [-0.2, 0) is 6.54 Å². The molecule has 4 rings (SSSR count). The number of allylic oxidation sites excluding steroid dienone is 2. The van der Waals surface area contributed by atoms with Gasteiger partial charge in [0.05, 0.1) is 7.11 Å². The van der Waals surface area contributed by atoms with Crippen molar-refractivity contribution in [3.8, 4) is 5.75 Å². The summed E-state index contributed by atoms with van der Waals surface area (Å²) in [5.74, 6) is 3.66. The molecule has 0 amide bonds. The molecule has 1 saturated heterocycles. The van der Waals surface area contributed by atoms with Crippen molar-refractivity contribution in [2.75, 3.05) is 39.8 Å². The van der Waals surface area contributed by atoms with E-state index in [1.54, 1.807) is 7.11 Å². The van der Waals surface area contributed by atoms with Gasteiger partial charge in [-0.15, -0.1) is 0 Å². The fourth-order valence-electron chi connectivity index (χ4n) is 4.56. The van der Waals surface area contributed by atoms with Gasteiger partial charge in [0.25, 0.3) is 0 Å². The number of fused-ring (bicyclic) bond motifs is 2. The molecule has 1 aromatic carbocycles. The van der Waals surface area contributed by atoms with Crippen molar-refractivity contribution in [1.29, 1.82) is 0 Å². The molecule has 1 aliphatic heterocycles. The fraction of sp³-hybridized carbons (Fsp3) is 0.600. The minimum absolute atomic E-state index is 0.886. The molecule has 3 aliphatic rings. The van der Waals surface area contributed by atoms with Crippen molar-refractivity contribution in [1.82, 2.24) is 9.80 Å². The summed E-state index contributed by atoms with van der Waals surface area (Å²) in [6.45, 7) is 7.24. The molecule has 0 aromatic heterocycles. The summed E-state index contributed by atoms with van der Waals surface area (Å²) in [5.41, 5.74) is 1.39. The third-order valence-corrected chi connectivity index (χ3v) is 5.94. The first kappa shape index (κ1) is 15.2. The van der Waals surface area contributed by atoms with E-state index in [0.29, 0.717) is 0 Å². The molecule has 124 valence electrons. The van der Waals surface area contributed by atoms with Crippen LogP contribution in [0.3, 0.4) is 0 Å². The van der Waals surface area contributed by atoms with E-state index in [-0.39, 0.29) is 0 Å². The predicted octanol–water partition coefficient (Wildman–Crippen LogP) is 3.03. The van der Waals surface area contributed by atoms with Crippen molar-refractivity contribution in [2.24, 2.45) is 17.8 Å². The molecule has 3 heteroatoms. The topological polar surface area (TPSA) is 15.7 Å². The standard InChI is InChI=1S/C20H28N2O/c1-23-20-6-3-16(4-7-20)14-21-8-10-22(11-9-21)15-19-13-17-2-5-18(19)12-17/h2-7,17-19H,8-15H2,1H3/t17-,18-,19-/m0/s1. The largest absolute Gasteiger partial charge is 0.497 e. The van der Waals surface area contributed by atoms with Crippen LogP contribution >= 0.6 is 0 Å². The Bertz CT molecular complexity index is 545. The molecule has 1 saturated carbocycles. The Hall–Kier alpha value is -1.32. The number of piperazine rings is 1. The Kier molecular flexibility index (Phi) is 4.41. The molecule has 3 atom stereocenters. The van der Waals surface area contributed by atoms with Crippen LogP contribution in [0.15, 0.2) is 36.4 Å². The number of nitrogens with zero attached hydrogens (tertiary/aromatic N) is 2. The minimum Gasteiger partial charge on any atom is -0.497 e. The summed E-state index contributed by atoms with van der Waals surface area (Å²) in [6, 6.07) is 8.50. The average Bonchev–Trinajstić information content (AvgIpc) is 3.20. The molecular weight excluding hydrogens is 284 g/mol. The number of hydrogen-bond donors (Lipinski definition) is 0. The van der Waals surface area contributed by atoms with Gasteiger partial charge in [-0.25, -0.2) is 0 Å². The van der Waals surface area contributed by atoms with Crippen molar-refractivity contribution >= 4 is 0 Å². The van der Waals surface area contributed by atoms with Gasteiger partial charge in [0.15, 0.2) is 0 Å². The molecule has 1 heterocycles. The van der Waals surface area contributed by atoms with E-state index in [9.17, 15) is 0 Å². The quantitative estimate of drug-likeness (QED) is 0.777. The Morgan fingerprint density at radius 1 is 0.957 bits per heavy atom. The molecule has 1 aromatic rings. The average molecular weight is 312 g/mol. The van der Waals surface area contributed by atoms with Crippen molar-refractivity contribution in [3.05, 3.63) is 42.0 Å². The lowest BCUT2D eigenvalue weighted by molar-refractivity contribution is 0.108. The highest BCUT2D eigenvalue weighted by molar-refractivity contribution is 5.27. The SMILES string of the molecule is COc1ccc(CN2CCN(C[C@@H]3C[C@H]4C=C[C@H]3C4)CC2)cc1. The zero-order valence-electron chi connectivity index (χ0n) is 14.2. The lowest BCUT2D eigenvalue weighted by Crippen LogP contribution is -2.47. The van der Waals surface area contributed by atoms with Crippen LogP contribution in [0.4, 0.5) is 0 Å². The molecule has 3 nitrogen and oxygen atoms in total. The van der Waals surface area contributed by atoms with Crippen LogP contribution in [0.25, 0.3) is 0 Å². The van der Waals surface area contributed by atoms with Gasteiger partial charge in [0, 0.05) is 39.3 Å². The first-order valence-corrected chi connectivity index (χ1v) is 9.06. The molecule has 2 fully saturated rings. The van der Waals surface area contributed by atoms with Crippen molar-refractivity contribution in [3.63, 3.8) is 0 Å². The fourth-order valence-corrected chi connectivity index (χ4v) is 4.56. The first-order chi connectivity index (χ1) is 11.3. The smallest absolute Gasteiger partial charge is 0.118 e. The number of hydrogen-bond acceptors (Lipinski definition) is 3. The number of ether oxygens (including phenoxy) is 1. The summed E-state index contributed by atoms with van der Waals surface area (Å²) in [7, 11) is 1.72. The zero-order chi connectivity index (χ0) is 15.6. The maximum atomic E-state index is 5.23. The molecular formula is C20H28N2O. The molecule has 0 spiro atoms. The lowest BCUT2D eigenvalue weighted by Gasteiger charge is -2.37. The highest BCUT2D eigenvalue weighted by Crippen LogP contribution is 2.43. The highest BCUT2D eigenvalue weighted by atomic mass is 16.5. The van der Waals surface area contributed by atoms with E-state index < -0.39 is 0 Å². The van der Waals surface area contributed by atoms with Gasteiger partial charge in [-0.1, -0.05) is 24.3 Å². The van der Waals surface area contributed by atoms with Gasteiger partial charge in [-0.2, -0.15) is 0 Å². The Labute approximate surface area is 139 Å². The van der Waals surface area contributed by atoms with E-state index in [1.165, 1.54) is 51.1 Å². The van der Waals surface area contributed by atoms with E-state index in [0.717, 1.165) is 30.0 Å². The van der Waals surface area contributed by atoms with Crippen LogP contribution in [0, 0.1) is 17.8 Å². The molecule has 23 heavy (non-hydrogen) atoms. The van der Waals surface area contributed by atoms with Gasteiger partial charge >= 0.3 is 0 Å². The van der Waals surface area contributed by atoms with Gasteiger partial charge in [0.2, 0.25) is 0 Å². The van der Waals surface area contributed by atoms with Crippen LogP contribution in [-0.4, -0.2) is 49.6 Å². The second-order valence-electron chi connectivity index (χ2n) is 7.47. The number of rotatable bonds is 5. The van der Waals surface area contributed by atoms with E-state index >= 15 is 0 Å². The van der Waals surface area contributed by atoms with Gasteiger partial charge in [-0.05, 0) is 48.3 Å². The van der Waals surface area contributed by atoms with Crippen LogP contribution in [0.1, 0.15) is 18.4 Å². The maximum absolute atomic E-state index is 5.23. The first-order valence-electron chi connectivity index (χ1n) is 9.06. The van der Waals surface area contributed by atoms with E-state index in [1.807, 2.05) is 0 Å². The van der Waals surface area contributed by atoms with Gasteiger partial charge in [0.1, 0.15) is 5.75 Å². The third-order valence-electron chi connectivity index (χ3n) is 5.94. The predicted molar refractivity (Wildman–Crippen MR) is 93.6 cm³/mol. The van der Waals surface area contributed by atoms with Gasteiger partial charge < -0.3 is 9.64 Å². The number of methoxy groups -OCH3 is 1. The summed E-state index contributed by atoms with van der Waals surface area (Å²) >= 11 is 0. The molecule has 0 N–H and O–H groups in total. The van der Waals surface area contributed by atoms with E-state index in [4.69, 9.17) is 4.74 Å². The lowest BCUT2D eigenvalue weighted by atomic mass is 9.93. The Morgan fingerprint density at radius 3 is 2.30 bits per heavy atom. The van der Waals surface area contributed by atoms with Crippen molar-refractivity contribution in [2.45, 2.75) is 19.4 Å². The molecule has 2 aliphatic carbocycles. The Morgan fingerprint density at radius 2 is 1.70 bits per heavy atom.